The number of cyclic esters (lactones) is 1. The maximum absolute atomic E-state index is 14.5. The second kappa shape index (κ2) is 8.60. The zero-order valence-corrected chi connectivity index (χ0v) is 20.0. The van der Waals surface area contributed by atoms with Crippen LogP contribution >= 0.6 is 23.2 Å². The Labute approximate surface area is 205 Å². The Balaban J connectivity index is 1.89. The fourth-order valence-corrected chi connectivity index (χ4v) is 4.45. The fourth-order valence-electron chi connectivity index (χ4n) is 4.03. The van der Waals surface area contributed by atoms with Gasteiger partial charge < -0.3 is 14.4 Å². The van der Waals surface area contributed by atoms with Crippen molar-refractivity contribution in [3.63, 3.8) is 0 Å². The van der Waals surface area contributed by atoms with E-state index in [9.17, 15) is 18.8 Å². The molecule has 178 valence electrons. The first kappa shape index (κ1) is 24.0. The standard InChI is InChI=1S/C24H21Cl2FN2O5/c1-23(2,3)34-22(32)28-24(19-17(25)18(26)20(30)33-19)15-11-14(27)9-10-16(15)29(21(24)31)12-13-7-5-4-6-8-13/h4-11,19H,12H2,1-3H3,(H,28,32)/t19-,24+/m0/s1. The van der Waals surface area contributed by atoms with Crippen LogP contribution in [0.2, 0.25) is 0 Å². The molecule has 0 unspecified atom stereocenters. The first-order valence-electron chi connectivity index (χ1n) is 10.4. The predicted molar refractivity (Wildman–Crippen MR) is 124 cm³/mol. The highest BCUT2D eigenvalue weighted by molar-refractivity contribution is 6.49. The van der Waals surface area contributed by atoms with Gasteiger partial charge in [0.2, 0.25) is 0 Å². The van der Waals surface area contributed by atoms with Gasteiger partial charge in [0.1, 0.15) is 16.5 Å². The van der Waals surface area contributed by atoms with Gasteiger partial charge in [-0.1, -0.05) is 53.5 Å². The summed E-state index contributed by atoms with van der Waals surface area (Å²) in [7, 11) is 0. The number of carbonyl (C=O) groups is 3. The van der Waals surface area contributed by atoms with Crippen molar-refractivity contribution in [1.29, 1.82) is 0 Å². The average Bonchev–Trinajstić information content (AvgIpc) is 3.14. The van der Waals surface area contributed by atoms with Crippen LogP contribution in [-0.2, 0) is 31.1 Å². The highest BCUT2D eigenvalue weighted by Crippen LogP contribution is 2.49. The molecule has 2 aliphatic rings. The molecule has 10 heteroatoms. The number of anilines is 1. The monoisotopic (exact) mass is 506 g/mol. The lowest BCUT2D eigenvalue weighted by Gasteiger charge is -2.35. The van der Waals surface area contributed by atoms with Crippen LogP contribution in [0.1, 0.15) is 31.9 Å². The van der Waals surface area contributed by atoms with E-state index < -0.39 is 46.1 Å². The molecule has 0 aliphatic carbocycles. The minimum Gasteiger partial charge on any atom is -0.449 e. The lowest BCUT2D eigenvalue weighted by atomic mass is 9.85. The van der Waals surface area contributed by atoms with E-state index in [4.69, 9.17) is 32.7 Å². The van der Waals surface area contributed by atoms with Crippen LogP contribution < -0.4 is 10.2 Å². The number of halogens is 3. The van der Waals surface area contributed by atoms with Gasteiger partial charge >= 0.3 is 12.1 Å². The van der Waals surface area contributed by atoms with Crippen LogP contribution in [0.3, 0.4) is 0 Å². The number of ether oxygens (including phenoxy) is 2. The van der Waals surface area contributed by atoms with E-state index in [-0.39, 0.29) is 17.1 Å². The maximum atomic E-state index is 14.5. The summed E-state index contributed by atoms with van der Waals surface area (Å²) in [4.78, 5) is 40.6. The van der Waals surface area contributed by atoms with Gasteiger partial charge in [-0.2, -0.15) is 0 Å². The molecule has 0 bridgehead atoms. The second-order valence-electron chi connectivity index (χ2n) is 8.92. The third kappa shape index (κ3) is 4.12. The van der Waals surface area contributed by atoms with Gasteiger partial charge in [0.15, 0.2) is 11.6 Å². The Bertz CT molecular complexity index is 1210. The van der Waals surface area contributed by atoms with Crippen LogP contribution in [0, 0.1) is 5.82 Å². The summed E-state index contributed by atoms with van der Waals surface area (Å²) in [5.74, 6) is -2.32. The second-order valence-corrected chi connectivity index (χ2v) is 9.71. The molecule has 2 aliphatic heterocycles. The third-order valence-electron chi connectivity index (χ3n) is 5.38. The molecule has 2 aromatic rings. The summed E-state index contributed by atoms with van der Waals surface area (Å²) in [5, 5.41) is 1.83. The summed E-state index contributed by atoms with van der Waals surface area (Å²) < 4.78 is 25.2. The molecule has 0 fully saturated rings. The van der Waals surface area contributed by atoms with E-state index in [2.05, 4.69) is 5.32 Å². The Morgan fingerprint density at radius 1 is 1.18 bits per heavy atom. The van der Waals surface area contributed by atoms with Crippen molar-refractivity contribution in [2.24, 2.45) is 0 Å². The van der Waals surface area contributed by atoms with Crippen molar-refractivity contribution in [2.45, 2.75) is 44.6 Å². The molecule has 7 nitrogen and oxygen atoms in total. The normalized spacial score (nSPS) is 22.1. The Morgan fingerprint density at radius 3 is 2.44 bits per heavy atom. The van der Waals surface area contributed by atoms with Crippen LogP contribution in [0.15, 0.2) is 58.6 Å². The molecule has 2 amide bonds. The number of hydrogen-bond donors (Lipinski definition) is 1. The quantitative estimate of drug-likeness (QED) is 0.607. The summed E-state index contributed by atoms with van der Waals surface area (Å²) in [5.41, 5.74) is -1.87. The van der Waals surface area contributed by atoms with Gasteiger partial charge in [0.05, 0.1) is 17.3 Å². The number of carbonyl (C=O) groups excluding carboxylic acids is 3. The minimum absolute atomic E-state index is 0.0570. The van der Waals surface area contributed by atoms with Gasteiger partial charge in [-0.15, -0.1) is 0 Å². The Hall–Kier alpha value is -3.10. The molecule has 2 heterocycles. The maximum Gasteiger partial charge on any atom is 0.408 e. The fraction of sp³-hybridized carbons (Fsp3) is 0.292. The molecule has 2 aromatic carbocycles. The number of amides is 2. The van der Waals surface area contributed by atoms with Gasteiger partial charge in [-0.25, -0.2) is 14.0 Å². The zero-order chi connectivity index (χ0) is 24.8. The molecular formula is C24H21Cl2FN2O5. The Morgan fingerprint density at radius 2 is 1.85 bits per heavy atom. The average molecular weight is 507 g/mol. The van der Waals surface area contributed by atoms with Crippen molar-refractivity contribution in [1.82, 2.24) is 5.32 Å². The molecule has 0 saturated carbocycles. The van der Waals surface area contributed by atoms with Crippen LogP contribution in [0.25, 0.3) is 0 Å². The number of esters is 1. The number of benzene rings is 2. The van der Waals surface area contributed by atoms with Crippen molar-refractivity contribution in [3.05, 3.63) is 75.5 Å². The van der Waals surface area contributed by atoms with Crippen LogP contribution in [0.5, 0.6) is 0 Å². The Kier molecular flexibility index (Phi) is 6.08. The molecule has 0 radical (unpaired) electrons. The molecule has 1 N–H and O–H groups in total. The van der Waals surface area contributed by atoms with Crippen molar-refractivity contribution >= 4 is 46.9 Å². The third-order valence-corrected chi connectivity index (χ3v) is 6.22. The molecule has 0 saturated heterocycles. The summed E-state index contributed by atoms with van der Waals surface area (Å²) >= 11 is 12.3. The van der Waals surface area contributed by atoms with Gasteiger partial charge in [0, 0.05) is 5.56 Å². The van der Waals surface area contributed by atoms with Crippen LogP contribution in [-0.4, -0.2) is 29.7 Å². The van der Waals surface area contributed by atoms with E-state index in [1.165, 1.54) is 17.0 Å². The van der Waals surface area contributed by atoms with Gasteiger partial charge in [0.25, 0.3) is 5.91 Å². The molecule has 0 aromatic heterocycles. The number of nitrogens with zero attached hydrogens (tertiary/aromatic N) is 1. The number of hydrogen-bond acceptors (Lipinski definition) is 5. The molecule has 2 atom stereocenters. The molecule has 4 rings (SSSR count). The number of fused-ring (bicyclic) bond motifs is 1. The van der Waals surface area contributed by atoms with E-state index in [1.807, 2.05) is 30.3 Å². The van der Waals surface area contributed by atoms with E-state index >= 15 is 0 Å². The van der Waals surface area contributed by atoms with Crippen molar-refractivity contribution in [3.8, 4) is 0 Å². The van der Waals surface area contributed by atoms with E-state index in [0.29, 0.717) is 5.69 Å². The van der Waals surface area contributed by atoms with Crippen LogP contribution in [0.4, 0.5) is 14.9 Å². The highest BCUT2D eigenvalue weighted by atomic mass is 35.5. The molecule has 34 heavy (non-hydrogen) atoms. The largest absolute Gasteiger partial charge is 0.449 e. The summed E-state index contributed by atoms with van der Waals surface area (Å²) in [6, 6.07) is 12.8. The zero-order valence-electron chi connectivity index (χ0n) is 18.5. The first-order valence-corrected chi connectivity index (χ1v) is 11.1. The predicted octanol–water partition coefficient (Wildman–Crippen LogP) is 4.71. The molecular weight excluding hydrogens is 486 g/mol. The smallest absolute Gasteiger partial charge is 0.408 e. The summed E-state index contributed by atoms with van der Waals surface area (Å²) in [6.45, 7) is 5.03. The van der Waals surface area contributed by atoms with Crippen molar-refractivity contribution in [2.75, 3.05) is 4.90 Å². The van der Waals surface area contributed by atoms with Crippen molar-refractivity contribution < 1.29 is 28.2 Å². The topological polar surface area (TPSA) is 84.9 Å². The first-order chi connectivity index (χ1) is 15.9. The lowest BCUT2D eigenvalue weighted by molar-refractivity contribution is -0.145. The van der Waals surface area contributed by atoms with Gasteiger partial charge in [-0.3, -0.25) is 10.1 Å². The highest BCUT2D eigenvalue weighted by Gasteiger charge is 2.62. The number of rotatable bonds is 4. The minimum atomic E-state index is -2.11. The van der Waals surface area contributed by atoms with E-state index in [1.54, 1.807) is 20.8 Å². The van der Waals surface area contributed by atoms with Gasteiger partial charge in [-0.05, 0) is 44.5 Å². The molecule has 0 spiro atoms. The van der Waals surface area contributed by atoms with E-state index in [0.717, 1.165) is 11.6 Å². The number of nitrogens with one attached hydrogen (secondary N) is 1. The number of alkyl carbamates (subject to hydrolysis) is 1. The lowest BCUT2D eigenvalue weighted by Crippen LogP contribution is -2.60. The summed E-state index contributed by atoms with van der Waals surface area (Å²) in [6.07, 6.45) is -2.52. The SMILES string of the molecule is CC(C)(C)OC(=O)N[C@]1([C@H]2OC(=O)C(Cl)=C2Cl)C(=O)N(Cc2ccccc2)c2ccc(F)cc21.